The second-order valence-electron chi connectivity index (χ2n) is 5.02. The van der Waals surface area contributed by atoms with Crippen molar-refractivity contribution in [1.29, 1.82) is 0 Å². The highest BCUT2D eigenvalue weighted by atomic mass is 35.5. The van der Waals surface area contributed by atoms with Crippen LogP contribution >= 0.6 is 12.4 Å². The largest absolute Gasteiger partial charge is 0.328 e. The third kappa shape index (κ3) is 4.44. The Morgan fingerprint density at radius 1 is 1.11 bits per heavy atom. The van der Waals surface area contributed by atoms with E-state index in [2.05, 4.69) is 0 Å². The molecule has 6 heteroatoms. The van der Waals surface area contributed by atoms with Gasteiger partial charge in [0.1, 0.15) is 5.82 Å². The summed E-state index contributed by atoms with van der Waals surface area (Å²) in [5.74, 6) is -0.0943. The van der Waals surface area contributed by atoms with Crippen LogP contribution in [0.15, 0.2) is 29.2 Å². The van der Waals surface area contributed by atoms with Crippen LogP contribution in [-0.2, 0) is 9.84 Å². The van der Waals surface area contributed by atoms with Gasteiger partial charge in [0, 0.05) is 6.04 Å². The van der Waals surface area contributed by atoms with Crippen LogP contribution < -0.4 is 5.73 Å². The summed E-state index contributed by atoms with van der Waals surface area (Å²) in [5.41, 5.74) is 5.80. The van der Waals surface area contributed by atoms with Gasteiger partial charge in [-0.1, -0.05) is 0 Å². The number of hydrogen-bond donors (Lipinski definition) is 1. The molecule has 1 aliphatic rings. The molecule has 1 saturated carbocycles. The molecule has 1 aromatic rings. The minimum Gasteiger partial charge on any atom is -0.328 e. The maximum absolute atomic E-state index is 12.8. The maximum atomic E-state index is 12.8. The van der Waals surface area contributed by atoms with Crippen molar-refractivity contribution in [3.8, 4) is 0 Å². The van der Waals surface area contributed by atoms with Crippen molar-refractivity contribution in [2.75, 3.05) is 5.75 Å². The summed E-state index contributed by atoms with van der Waals surface area (Å²) in [4.78, 5) is 0.207. The van der Waals surface area contributed by atoms with Crippen LogP contribution in [0.25, 0.3) is 0 Å². The number of rotatable bonds is 3. The molecule has 0 saturated heterocycles. The van der Waals surface area contributed by atoms with E-state index in [1.165, 1.54) is 24.3 Å². The minimum atomic E-state index is -3.30. The SMILES string of the molecule is Cl.NC1CCC(CS(=O)(=O)c2ccc(F)cc2)CC1. The maximum Gasteiger partial charge on any atom is 0.178 e. The molecule has 0 heterocycles. The Balaban J connectivity index is 0.00000180. The van der Waals surface area contributed by atoms with E-state index in [-0.39, 0.29) is 35.0 Å². The number of benzene rings is 1. The van der Waals surface area contributed by atoms with Crippen molar-refractivity contribution in [3.63, 3.8) is 0 Å². The average Bonchev–Trinajstić information content (AvgIpc) is 2.32. The summed E-state index contributed by atoms with van der Waals surface area (Å²) in [6.45, 7) is 0. The summed E-state index contributed by atoms with van der Waals surface area (Å²) >= 11 is 0. The molecule has 1 aliphatic carbocycles. The normalized spacial score (nSPS) is 23.7. The van der Waals surface area contributed by atoms with Crippen LogP contribution in [0, 0.1) is 11.7 Å². The van der Waals surface area contributed by atoms with E-state index in [1.54, 1.807) is 0 Å². The molecule has 0 unspecified atom stereocenters. The zero-order chi connectivity index (χ0) is 13.2. The van der Waals surface area contributed by atoms with Crippen LogP contribution in [0.2, 0.25) is 0 Å². The summed E-state index contributed by atoms with van der Waals surface area (Å²) in [6, 6.07) is 5.25. The summed E-state index contributed by atoms with van der Waals surface area (Å²) in [7, 11) is -3.30. The van der Waals surface area contributed by atoms with E-state index in [9.17, 15) is 12.8 Å². The number of hydrogen-bond acceptors (Lipinski definition) is 3. The predicted octanol–water partition coefficient (Wildman–Crippen LogP) is 2.54. The topological polar surface area (TPSA) is 60.2 Å². The minimum absolute atomic E-state index is 0. The van der Waals surface area contributed by atoms with E-state index in [0.29, 0.717) is 0 Å². The highest BCUT2D eigenvalue weighted by molar-refractivity contribution is 7.91. The number of nitrogens with two attached hydrogens (primary N) is 1. The van der Waals surface area contributed by atoms with Crippen molar-refractivity contribution >= 4 is 22.2 Å². The van der Waals surface area contributed by atoms with Crippen LogP contribution in [0.4, 0.5) is 4.39 Å². The van der Waals surface area contributed by atoms with Crippen LogP contribution in [0.5, 0.6) is 0 Å². The van der Waals surface area contributed by atoms with Gasteiger partial charge < -0.3 is 5.73 Å². The molecule has 2 rings (SSSR count). The van der Waals surface area contributed by atoms with Crippen LogP contribution in [0.1, 0.15) is 25.7 Å². The van der Waals surface area contributed by atoms with Gasteiger partial charge in [0.25, 0.3) is 0 Å². The first kappa shape index (κ1) is 16.4. The van der Waals surface area contributed by atoms with E-state index in [0.717, 1.165) is 25.7 Å². The molecular formula is C13H19ClFNO2S. The molecule has 2 N–H and O–H groups in total. The standard InChI is InChI=1S/C13H18FNO2S.ClH/c14-11-3-7-13(8-4-11)18(16,17)9-10-1-5-12(15)6-2-10;/h3-4,7-8,10,12H,1-2,5-6,9,15H2;1H. The fourth-order valence-electron chi connectivity index (χ4n) is 2.40. The summed E-state index contributed by atoms with van der Waals surface area (Å²) < 4.78 is 37.0. The average molecular weight is 308 g/mol. The van der Waals surface area contributed by atoms with Gasteiger partial charge in [-0.25, -0.2) is 12.8 Å². The first-order valence-electron chi connectivity index (χ1n) is 6.21. The smallest absolute Gasteiger partial charge is 0.178 e. The number of sulfone groups is 1. The second-order valence-corrected chi connectivity index (χ2v) is 7.05. The highest BCUT2D eigenvalue weighted by Gasteiger charge is 2.25. The van der Waals surface area contributed by atoms with Crippen molar-refractivity contribution in [2.45, 2.75) is 36.6 Å². The predicted molar refractivity (Wildman–Crippen MR) is 75.6 cm³/mol. The van der Waals surface area contributed by atoms with Gasteiger partial charge in [0.05, 0.1) is 10.6 Å². The molecule has 0 radical (unpaired) electrons. The molecule has 108 valence electrons. The molecule has 1 fully saturated rings. The van der Waals surface area contributed by atoms with Gasteiger partial charge in [-0.2, -0.15) is 0 Å². The lowest BCUT2D eigenvalue weighted by molar-refractivity contribution is 0.348. The molecule has 0 atom stereocenters. The monoisotopic (exact) mass is 307 g/mol. The van der Waals surface area contributed by atoms with Gasteiger partial charge in [0.15, 0.2) is 9.84 Å². The van der Waals surface area contributed by atoms with Gasteiger partial charge >= 0.3 is 0 Å². The van der Waals surface area contributed by atoms with E-state index >= 15 is 0 Å². The van der Waals surface area contributed by atoms with Crippen LogP contribution in [0.3, 0.4) is 0 Å². The summed E-state index contributed by atoms with van der Waals surface area (Å²) in [6.07, 6.45) is 3.51. The molecule has 19 heavy (non-hydrogen) atoms. The number of halogens is 2. The third-order valence-corrected chi connectivity index (χ3v) is 5.42. The summed E-state index contributed by atoms with van der Waals surface area (Å²) in [5, 5.41) is 0. The molecule has 0 aliphatic heterocycles. The van der Waals surface area contributed by atoms with E-state index < -0.39 is 15.7 Å². The third-order valence-electron chi connectivity index (χ3n) is 3.52. The van der Waals surface area contributed by atoms with Gasteiger partial charge in [-0.3, -0.25) is 0 Å². The lowest BCUT2D eigenvalue weighted by atomic mass is 9.88. The first-order chi connectivity index (χ1) is 8.47. The zero-order valence-electron chi connectivity index (χ0n) is 10.6. The Morgan fingerprint density at radius 3 is 2.16 bits per heavy atom. The Bertz CT molecular complexity index is 496. The molecule has 0 bridgehead atoms. The molecular weight excluding hydrogens is 289 g/mol. The lowest BCUT2D eigenvalue weighted by Crippen LogP contribution is -2.29. The van der Waals surface area contributed by atoms with Crippen LogP contribution in [-0.4, -0.2) is 20.2 Å². The molecule has 3 nitrogen and oxygen atoms in total. The van der Waals surface area contributed by atoms with Crippen molar-refractivity contribution in [1.82, 2.24) is 0 Å². The lowest BCUT2D eigenvalue weighted by Gasteiger charge is -2.25. The molecule has 1 aromatic carbocycles. The molecule has 0 amide bonds. The Labute approximate surface area is 119 Å². The first-order valence-corrected chi connectivity index (χ1v) is 7.86. The highest BCUT2D eigenvalue weighted by Crippen LogP contribution is 2.26. The zero-order valence-corrected chi connectivity index (χ0v) is 12.2. The van der Waals surface area contributed by atoms with Crippen molar-refractivity contribution in [2.24, 2.45) is 11.7 Å². The fraction of sp³-hybridized carbons (Fsp3) is 0.538. The van der Waals surface area contributed by atoms with Gasteiger partial charge in [-0.05, 0) is 55.9 Å². The Kier molecular flexibility index (Phi) is 5.77. The van der Waals surface area contributed by atoms with Gasteiger partial charge in [0.2, 0.25) is 0 Å². The quantitative estimate of drug-likeness (QED) is 0.873. The van der Waals surface area contributed by atoms with E-state index in [4.69, 9.17) is 5.73 Å². The fourth-order valence-corrected chi connectivity index (χ4v) is 4.10. The molecule has 0 spiro atoms. The van der Waals surface area contributed by atoms with Gasteiger partial charge in [-0.15, -0.1) is 12.4 Å². The molecule has 0 aromatic heterocycles. The van der Waals surface area contributed by atoms with E-state index in [1.807, 2.05) is 0 Å². The Morgan fingerprint density at radius 2 is 1.63 bits per heavy atom. The second kappa shape index (κ2) is 6.68. The Hall–Kier alpha value is -0.650. The van der Waals surface area contributed by atoms with Crippen molar-refractivity contribution in [3.05, 3.63) is 30.1 Å². The van der Waals surface area contributed by atoms with Crippen molar-refractivity contribution < 1.29 is 12.8 Å².